The van der Waals surface area contributed by atoms with Gasteiger partial charge < -0.3 is 10.2 Å². The summed E-state index contributed by atoms with van der Waals surface area (Å²) >= 11 is 10.7. The van der Waals surface area contributed by atoms with Gasteiger partial charge in [0, 0.05) is 24.7 Å². The average molecular weight is 433 g/mol. The van der Waals surface area contributed by atoms with Crippen molar-refractivity contribution in [1.29, 1.82) is 0 Å². The van der Waals surface area contributed by atoms with E-state index in [1.54, 1.807) is 4.88 Å². The first-order chi connectivity index (χ1) is 10.0. The Morgan fingerprint density at radius 3 is 2.86 bits per heavy atom. The number of rotatable bonds is 3. The third kappa shape index (κ3) is 3.32. The molecule has 21 heavy (non-hydrogen) atoms. The number of thiophene rings is 1. The molecular weight excluding hydrogens is 415 g/mol. The number of hydrogen-bond donors (Lipinski definition) is 1. The van der Waals surface area contributed by atoms with Crippen molar-refractivity contribution in [3.05, 3.63) is 42.6 Å². The number of benzene rings is 1. The number of aryl methyl sites for hydroxylation is 1. The molecule has 0 amide bonds. The number of fused-ring (bicyclic) bond motifs is 1. The maximum Gasteiger partial charge on any atom is 0.0660 e. The van der Waals surface area contributed by atoms with Gasteiger partial charge in [0.2, 0.25) is 0 Å². The van der Waals surface area contributed by atoms with E-state index in [-0.39, 0.29) is 0 Å². The van der Waals surface area contributed by atoms with Crippen LogP contribution in [0.3, 0.4) is 0 Å². The molecule has 0 bridgehead atoms. The highest BCUT2D eigenvalue weighted by Crippen LogP contribution is 2.38. The van der Waals surface area contributed by atoms with Gasteiger partial charge in [0.15, 0.2) is 0 Å². The van der Waals surface area contributed by atoms with Crippen molar-refractivity contribution in [2.45, 2.75) is 25.3 Å². The van der Waals surface area contributed by atoms with Crippen molar-refractivity contribution in [3.63, 3.8) is 0 Å². The summed E-state index contributed by atoms with van der Waals surface area (Å²) < 4.78 is 1.38. The second-order valence-electron chi connectivity index (χ2n) is 5.58. The van der Waals surface area contributed by atoms with Gasteiger partial charge in [-0.15, -0.1) is 11.3 Å². The Balaban J connectivity index is 1.83. The molecule has 1 aliphatic rings. The van der Waals surface area contributed by atoms with Crippen LogP contribution < -0.4 is 10.2 Å². The topological polar surface area (TPSA) is 15.3 Å². The minimum absolute atomic E-state index is 0.412. The standard InChI is InChI=1S/C16H18ClIN2S/c1-20(2)14-7-6-10(8-12(14)17)19-13-4-3-5-15-11(13)9-16(18)21-15/h6-9,13,19H,3-5H2,1-2H3. The lowest BCUT2D eigenvalue weighted by atomic mass is 9.94. The second kappa shape index (κ2) is 6.34. The van der Waals surface area contributed by atoms with E-state index in [0.717, 1.165) is 16.4 Å². The van der Waals surface area contributed by atoms with E-state index < -0.39 is 0 Å². The molecule has 0 aliphatic heterocycles. The van der Waals surface area contributed by atoms with Crippen molar-refractivity contribution >= 4 is 56.9 Å². The molecule has 1 aliphatic carbocycles. The van der Waals surface area contributed by atoms with Crippen molar-refractivity contribution in [1.82, 2.24) is 0 Å². The molecule has 0 saturated heterocycles. The highest BCUT2D eigenvalue weighted by Gasteiger charge is 2.22. The Labute approximate surface area is 148 Å². The summed E-state index contributed by atoms with van der Waals surface area (Å²) in [5.74, 6) is 0. The van der Waals surface area contributed by atoms with Crippen LogP contribution in [0.2, 0.25) is 5.02 Å². The SMILES string of the molecule is CN(C)c1ccc(NC2CCCc3sc(I)cc32)cc1Cl. The highest BCUT2D eigenvalue weighted by atomic mass is 127. The Morgan fingerprint density at radius 2 is 2.14 bits per heavy atom. The van der Waals surface area contributed by atoms with Gasteiger partial charge in [-0.3, -0.25) is 0 Å². The summed E-state index contributed by atoms with van der Waals surface area (Å²) in [6.45, 7) is 0. The summed E-state index contributed by atoms with van der Waals surface area (Å²) in [5, 5.41) is 4.45. The van der Waals surface area contributed by atoms with Crippen molar-refractivity contribution in [3.8, 4) is 0 Å². The molecule has 2 aromatic rings. The van der Waals surface area contributed by atoms with Gasteiger partial charge in [-0.1, -0.05) is 11.6 Å². The number of hydrogen-bond acceptors (Lipinski definition) is 3. The minimum atomic E-state index is 0.412. The molecule has 1 N–H and O–H groups in total. The molecule has 112 valence electrons. The lowest BCUT2D eigenvalue weighted by molar-refractivity contribution is 0.609. The van der Waals surface area contributed by atoms with Gasteiger partial charge in [0.25, 0.3) is 0 Å². The Morgan fingerprint density at radius 1 is 1.33 bits per heavy atom. The Kier molecular flexibility index (Phi) is 4.66. The smallest absolute Gasteiger partial charge is 0.0660 e. The van der Waals surface area contributed by atoms with Crippen molar-refractivity contribution in [2.24, 2.45) is 0 Å². The van der Waals surface area contributed by atoms with Gasteiger partial charge in [-0.05, 0) is 71.7 Å². The lowest BCUT2D eigenvalue weighted by Gasteiger charge is -2.25. The summed E-state index contributed by atoms with van der Waals surface area (Å²) in [6.07, 6.45) is 3.67. The molecule has 1 heterocycles. The quantitative estimate of drug-likeness (QED) is 0.639. The van der Waals surface area contributed by atoms with E-state index in [0.29, 0.717) is 6.04 Å². The predicted octanol–water partition coefficient (Wildman–Crippen LogP) is 5.56. The maximum absolute atomic E-state index is 6.37. The first-order valence-corrected chi connectivity index (χ1v) is 9.33. The first-order valence-electron chi connectivity index (χ1n) is 7.06. The zero-order valence-electron chi connectivity index (χ0n) is 12.1. The zero-order valence-corrected chi connectivity index (χ0v) is 15.8. The fourth-order valence-corrected chi connectivity index (χ4v) is 5.30. The molecule has 5 heteroatoms. The Hall–Kier alpha value is -0.460. The first kappa shape index (κ1) is 15.4. The van der Waals surface area contributed by atoms with Crippen LogP contribution in [0.1, 0.15) is 29.3 Å². The Bertz CT molecular complexity index is 654. The molecule has 1 atom stereocenters. The highest BCUT2D eigenvalue weighted by molar-refractivity contribution is 14.1. The lowest BCUT2D eigenvalue weighted by Crippen LogP contribution is -2.16. The molecule has 3 rings (SSSR count). The number of halogens is 2. The number of nitrogens with zero attached hydrogens (tertiary/aromatic N) is 1. The molecule has 0 spiro atoms. The van der Waals surface area contributed by atoms with Gasteiger partial charge in [-0.2, -0.15) is 0 Å². The van der Waals surface area contributed by atoms with E-state index in [2.05, 4.69) is 46.1 Å². The fourth-order valence-electron chi connectivity index (χ4n) is 2.83. The van der Waals surface area contributed by atoms with Crippen LogP contribution in [0.15, 0.2) is 24.3 Å². The van der Waals surface area contributed by atoms with E-state index >= 15 is 0 Å². The van der Waals surface area contributed by atoms with Crippen LogP contribution >= 0.6 is 45.5 Å². The van der Waals surface area contributed by atoms with Crippen molar-refractivity contribution < 1.29 is 0 Å². The molecule has 0 fully saturated rings. The predicted molar refractivity (Wildman–Crippen MR) is 102 cm³/mol. The third-order valence-electron chi connectivity index (χ3n) is 3.85. The summed E-state index contributed by atoms with van der Waals surface area (Å²) in [6, 6.07) is 8.96. The largest absolute Gasteiger partial charge is 0.378 e. The van der Waals surface area contributed by atoms with Crippen LogP contribution in [0.25, 0.3) is 0 Å². The second-order valence-corrected chi connectivity index (χ2v) is 9.02. The fraction of sp³-hybridized carbons (Fsp3) is 0.375. The number of nitrogens with one attached hydrogen (secondary N) is 1. The molecule has 0 saturated carbocycles. The summed E-state index contributed by atoms with van der Waals surface area (Å²) in [4.78, 5) is 3.57. The normalized spacial score (nSPS) is 17.4. The van der Waals surface area contributed by atoms with Crippen LogP contribution in [0.4, 0.5) is 11.4 Å². The molecule has 1 aromatic carbocycles. The average Bonchev–Trinajstić information content (AvgIpc) is 2.80. The van der Waals surface area contributed by atoms with E-state index in [1.165, 1.54) is 27.7 Å². The summed E-state index contributed by atoms with van der Waals surface area (Å²) in [7, 11) is 4.02. The van der Waals surface area contributed by atoms with Crippen LogP contribution in [-0.2, 0) is 6.42 Å². The van der Waals surface area contributed by atoms with E-state index in [1.807, 2.05) is 36.4 Å². The minimum Gasteiger partial charge on any atom is -0.378 e. The molecule has 2 nitrogen and oxygen atoms in total. The van der Waals surface area contributed by atoms with Crippen LogP contribution in [0, 0.1) is 2.88 Å². The van der Waals surface area contributed by atoms with Gasteiger partial charge >= 0.3 is 0 Å². The van der Waals surface area contributed by atoms with Crippen LogP contribution in [-0.4, -0.2) is 14.1 Å². The van der Waals surface area contributed by atoms with Gasteiger partial charge in [0.1, 0.15) is 0 Å². The van der Waals surface area contributed by atoms with Crippen molar-refractivity contribution in [2.75, 3.05) is 24.3 Å². The van der Waals surface area contributed by atoms with Crippen LogP contribution in [0.5, 0.6) is 0 Å². The van der Waals surface area contributed by atoms with E-state index in [4.69, 9.17) is 11.6 Å². The van der Waals surface area contributed by atoms with Gasteiger partial charge in [-0.25, -0.2) is 0 Å². The molecule has 1 aromatic heterocycles. The monoisotopic (exact) mass is 432 g/mol. The maximum atomic E-state index is 6.37. The summed E-state index contributed by atoms with van der Waals surface area (Å²) in [5.41, 5.74) is 3.63. The number of anilines is 2. The van der Waals surface area contributed by atoms with Gasteiger partial charge in [0.05, 0.1) is 19.6 Å². The molecular formula is C16H18ClIN2S. The zero-order chi connectivity index (χ0) is 15.0. The van der Waals surface area contributed by atoms with E-state index in [9.17, 15) is 0 Å². The molecule has 0 radical (unpaired) electrons. The molecule has 1 unspecified atom stereocenters. The third-order valence-corrected chi connectivity index (χ3v) is 6.13.